The molecule has 1 aromatic carbocycles. The van der Waals surface area contributed by atoms with Gasteiger partial charge < -0.3 is 15.4 Å². The van der Waals surface area contributed by atoms with Crippen molar-refractivity contribution >= 4 is 11.6 Å². The second-order valence-corrected chi connectivity index (χ2v) is 5.36. The Kier molecular flexibility index (Phi) is 4.65. The third kappa shape index (κ3) is 3.12. The van der Waals surface area contributed by atoms with E-state index >= 15 is 0 Å². The zero-order valence-electron chi connectivity index (χ0n) is 12.6. The Balaban J connectivity index is 2.07. The number of anilines is 1. The topological polar surface area (TPSA) is 50.4 Å². The van der Waals surface area contributed by atoms with Crippen LogP contribution >= 0.6 is 0 Å². The smallest absolute Gasteiger partial charge is 0.262 e. The van der Waals surface area contributed by atoms with E-state index in [0.717, 1.165) is 42.8 Å². The van der Waals surface area contributed by atoms with Crippen LogP contribution < -0.4 is 15.4 Å². The minimum absolute atomic E-state index is 0.0902. The highest BCUT2D eigenvalue weighted by Gasteiger charge is 2.23. The van der Waals surface area contributed by atoms with Gasteiger partial charge in [0.15, 0.2) is 6.61 Å². The molecule has 1 aromatic rings. The molecule has 0 fully saturated rings. The van der Waals surface area contributed by atoms with Crippen molar-refractivity contribution in [1.82, 2.24) is 5.32 Å². The fourth-order valence-electron chi connectivity index (χ4n) is 2.65. The van der Waals surface area contributed by atoms with Crippen LogP contribution in [-0.2, 0) is 11.3 Å². The Morgan fingerprint density at radius 2 is 1.95 bits per heavy atom. The molecule has 2 rings (SSSR count). The number of fused-ring (bicyclic) bond motifs is 1. The summed E-state index contributed by atoms with van der Waals surface area (Å²) in [7, 11) is 0. The first-order valence-electron chi connectivity index (χ1n) is 7.43. The number of amides is 1. The van der Waals surface area contributed by atoms with Crippen molar-refractivity contribution in [3.05, 3.63) is 23.8 Å². The average molecular weight is 276 g/mol. The molecular weight excluding hydrogens is 252 g/mol. The molecule has 1 aliphatic rings. The lowest BCUT2D eigenvalue weighted by molar-refractivity contribution is -0.118. The van der Waals surface area contributed by atoms with Crippen molar-refractivity contribution < 1.29 is 9.53 Å². The van der Waals surface area contributed by atoms with E-state index in [4.69, 9.17) is 4.74 Å². The molecule has 0 spiro atoms. The molecule has 1 aliphatic heterocycles. The third-order valence-electron chi connectivity index (χ3n) is 4.37. The summed E-state index contributed by atoms with van der Waals surface area (Å²) in [5.41, 5.74) is 2.14. The average Bonchev–Trinajstić information content (AvgIpc) is 2.49. The van der Waals surface area contributed by atoms with Gasteiger partial charge in [0.2, 0.25) is 0 Å². The lowest BCUT2D eigenvalue weighted by Gasteiger charge is -2.32. The van der Waals surface area contributed by atoms with Crippen LogP contribution in [0.2, 0.25) is 0 Å². The molecule has 4 nitrogen and oxygen atoms in total. The number of hydrogen-bond donors (Lipinski definition) is 2. The third-order valence-corrected chi connectivity index (χ3v) is 4.37. The van der Waals surface area contributed by atoms with Gasteiger partial charge in [-0.2, -0.15) is 0 Å². The molecule has 0 saturated carbocycles. The van der Waals surface area contributed by atoms with Gasteiger partial charge in [0.05, 0.1) is 5.69 Å². The maximum absolute atomic E-state index is 11.3. The van der Waals surface area contributed by atoms with Gasteiger partial charge in [-0.25, -0.2) is 0 Å². The summed E-state index contributed by atoms with van der Waals surface area (Å²) in [6.45, 7) is 7.58. The van der Waals surface area contributed by atoms with E-state index in [-0.39, 0.29) is 18.1 Å². The molecule has 110 valence electrons. The van der Waals surface area contributed by atoms with Crippen molar-refractivity contribution in [3.63, 3.8) is 0 Å². The van der Waals surface area contributed by atoms with Crippen molar-refractivity contribution in [2.45, 2.75) is 52.1 Å². The Bertz CT molecular complexity index is 473. The number of carbonyl (C=O) groups excluding carboxylic acids is 1. The first-order valence-corrected chi connectivity index (χ1v) is 7.43. The number of rotatable bonds is 6. The van der Waals surface area contributed by atoms with Crippen LogP contribution in [0.5, 0.6) is 5.75 Å². The van der Waals surface area contributed by atoms with Crippen molar-refractivity contribution in [2.75, 3.05) is 11.9 Å². The molecule has 1 amide bonds. The zero-order chi connectivity index (χ0) is 14.6. The van der Waals surface area contributed by atoms with Crippen LogP contribution in [0.4, 0.5) is 5.69 Å². The summed E-state index contributed by atoms with van der Waals surface area (Å²) < 4.78 is 5.37. The molecule has 20 heavy (non-hydrogen) atoms. The highest BCUT2D eigenvalue weighted by Crippen LogP contribution is 2.29. The van der Waals surface area contributed by atoms with Crippen LogP contribution in [0.25, 0.3) is 0 Å². The Morgan fingerprint density at radius 3 is 2.60 bits per heavy atom. The molecule has 0 atom stereocenters. The molecular formula is C16H24N2O2. The maximum Gasteiger partial charge on any atom is 0.262 e. The summed E-state index contributed by atoms with van der Waals surface area (Å²) in [4.78, 5) is 11.3. The highest BCUT2D eigenvalue weighted by molar-refractivity contribution is 5.95. The van der Waals surface area contributed by atoms with E-state index in [9.17, 15) is 4.79 Å². The normalized spacial score (nSPS) is 14.4. The molecule has 2 N–H and O–H groups in total. The van der Waals surface area contributed by atoms with E-state index in [2.05, 4.69) is 37.5 Å². The van der Waals surface area contributed by atoms with Crippen LogP contribution in [0, 0.1) is 0 Å². The van der Waals surface area contributed by atoms with Crippen LogP contribution in [0.15, 0.2) is 18.2 Å². The number of ether oxygens (including phenoxy) is 1. The monoisotopic (exact) mass is 276 g/mol. The molecule has 1 heterocycles. The van der Waals surface area contributed by atoms with Gasteiger partial charge in [-0.15, -0.1) is 0 Å². The minimum atomic E-state index is -0.0902. The standard InChI is InChI=1S/C16H24N2O2/c1-4-16(5-2,6-3)17-10-12-7-8-14-13(9-12)18-15(19)11-20-14/h7-9,17H,4-6,10-11H2,1-3H3,(H,18,19). The summed E-state index contributed by atoms with van der Waals surface area (Å²) in [6.07, 6.45) is 3.35. The summed E-state index contributed by atoms with van der Waals surface area (Å²) in [5.74, 6) is 0.661. The van der Waals surface area contributed by atoms with Gasteiger partial charge in [-0.3, -0.25) is 4.79 Å². The Labute approximate surface area is 120 Å². The van der Waals surface area contributed by atoms with E-state index in [1.807, 2.05) is 12.1 Å². The molecule has 0 unspecified atom stereocenters. The summed E-state index contributed by atoms with van der Waals surface area (Å²) in [6, 6.07) is 5.97. The van der Waals surface area contributed by atoms with Gasteiger partial charge in [0.25, 0.3) is 5.91 Å². The predicted octanol–water partition coefficient (Wildman–Crippen LogP) is 3.08. The number of carbonyl (C=O) groups is 1. The lowest BCUT2D eigenvalue weighted by atomic mass is 9.89. The number of nitrogens with one attached hydrogen (secondary N) is 2. The first kappa shape index (κ1) is 14.9. The molecule has 0 aliphatic carbocycles. The zero-order valence-corrected chi connectivity index (χ0v) is 12.6. The first-order chi connectivity index (χ1) is 9.62. The largest absolute Gasteiger partial charge is 0.482 e. The second kappa shape index (κ2) is 6.27. The SMILES string of the molecule is CCC(CC)(CC)NCc1ccc2c(c1)NC(=O)CO2. The fraction of sp³-hybridized carbons (Fsp3) is 0.562. The molecule has 0 bridgehead atoms. The summed E-state index contributed by atoms with van der Waals surface area (Å²) in [5, 5.41) is 6.51. The van der Waals surface area contributed by atoms with Crippen LogP contribution in [-0.4, -0.2) is 18.1 Å². The van der Waals surface area contributed by atoms with Gasteiger partial charge in [-0.05, 0) is 37.0 Å². The molecule has 4 heteroatoms. The van der Waals surface area contributed by atoms with E-state index in [1.165, 1.54) is 0 Å². The van der Waals surface area contributed by atoms with Crippen LogP contribution in [0.1, 0.15) is 45.6 Å². The molecule has 0 radical (unpaired) electrons. The lowest BCUT2D eigenvalue weighted by Crippen LogP contribution is -2.43. The van der Waals surface area contributed by atoms with Gasteiger partial charge in [-0.1, -0.05) is 26.8 Å². The second-order valence-electron chi connectivity index (χ2n) is 5.36. The molecule has 0 aromatic heterocycles. The van der Waals surface area contributed by atoms with Gasteiger partial charge in [0.1, 0.15) is 5.75 Å². The van der Waals surface area contributed by atoms with Crippen molar-refractivity contribution in [3.8, 4) is 5.75 Å². The number of hydrogen-bond acceptors (Lipinski definition) is 3. The Hall–Kier alpha value is -1.55. The van der Waals surface area contributed by atoms with Crippen molar-refractivity contribution in [1.29, 1.82) is 0 Å². The van der Waals surface area contributed by atoms with E-state index < -0.39 is 0 Å². The maximum atomic E-state index is 11.3. The highest BCUT2D eigenvalue weighted by atomic mass is 16.5. The van der Waals surface area contributed by atoms with Gasteiger partial charge in [0, 0.05) is 12.1 Å². The number of benzene rings is 1. The van der Waals surface area contributed by atoms with Crippen molar-refractivity contribution in [2.24, 2.45) is 0 Å². The van der Waals surface area contributed by atoms with E-state index in [1.54, 1.807) is 0 Å². The summed E-state index contributed by atoms with van der Waals surface area (Å²) >= 11 is 0. The van der Waals surface area contributed by atoms with E-state index in [0.29, 0.717) is 0 Å². The quantitative estimate of drug-likeness (QED) is 0.839. The Morgan fingerprint density at radius 1 is 1.25 bits per heavy atom. The molecule has 0 saturated heterocycles. The minimum Gasteiger partial charge on any atom is -0.482 e. The van der Waals surface area contributed by atoms with Gasteiger partial charge >= 0.3 is 0 Å². The fourth-order valence-corrected chi connectivity index (χ4v) is 2.65. The van der Waals surface area contributed by atoms with Crippen LogP contribution in [0.3, 0.4) is 0 Å². The predicted molar refractivity (Wildman–Crippen MR) is 81.0 cm³/mol.